The molecule has 2 saturated heterocycles. The molecule has 1 aromatic carbocycles. The highest BCUT2D eigenvalue weighted by Crippen LogP contribution is 2.65. The van der Waals surface area contributed by atoms with Crippen LogP contribution < -0.4 is 0 Å². The molecule has 1 aromatic heterocycles. The first kappa shape index (κ1) is 17.9. The summed E-state index contributed by atoms with van der Waals surface area (Å²) < 4.78 is 10.8. The number of aromatic nitrogens is 1. The van der Waals surface area contributed by atoms with Crippen LogP contribution in [0.5, 0.6) is 0 Å². The second kappa shape index (κ2) is 6.72. The highest BCUT2D eigenvalue weighted by molar-refractivity contribution is 8.20. The van der Waals surface area contributed by atoms with Crippen molar-refractivity contribution in [1.29, 1.82) is 0 Å². The lowest BCUT2D eigenvalue weighted by atomic mass is 9.76. The lowest BCUT2D eigenvalue weighted by molar-refractivity contribution is -0.156. The van der Waals surface area contributed by atoms with E-state index in [9.17, 15) is 4.79 Å². The number of carbonyl (C=O) groups excluding carboxylic acids is 1. The summed E-state index contributed by atoms with van der Waals surface area (Å²) >= 11 is 4.06. The van der Waals surface area contributed by atoms with Gasteiger partial charge in [-0.1, -0.05) is 18.2 Å². The van der Waals surface area contributed by atoms with Gasteiger partial charge in [-0.25, -0.2) is 0 Å². The number of hydrogen-bond donors (Lipinski definition) is 1. The van der Waals surface area contributed by atoms with Crippen molar-refractivity contribution in [2.24, 2.45) is 5.92 Å². The summed E-state index contributed by atoms with van der Waals surface area (Å²) in [4.78, 5) is 18.9. The zero-order chi connectivity index (χ0) is 18.6. The average molecular weight is 405 g/mol. The van der Waals surface area contributed by atoms with Crippen molar-refractivity contribution in [3.8, 4) is 0 Å². The minimum atomic E-state index is -0.398. The molecule has 1 spiro atoms. The van der Waals surface area contributed by atoms with Gasteiger partial charge in [0.1, 0.15) is 4.08 Å². The number of nitrogens with zero attached hydrogens (tertiary/aromatic N) is 1. The lowest BCUT2D eigenvalue weighted by Gasteiger charge is -2.50. The van der Waals surface area contributed by atoms with E-state index in [2.05, 4.69) is 29.2 Å². The molecule has 2 aromatic rings. The molecule has 0 radical (unpaired) electrons. The van der Waals surface area contributed by atoms with E-state index >= 15 is 0 Å². The number of ether oxygens (including phenoxy) is 2. The van der Waals surface area contributed by atoms with Crippen molar-refractivity contribution in [3.05, 3.63) is 35.5 Å². The molecule has 2 aliphatic heterocycles. The van der Waals surface area contributed by atoms with Crippen LogP contribution in [0, 0.1) is 5.92 Å². The minimum absolute atomic E-state index is 0.00544. The SMILES string of the molecule is COC(CN1C(=O)C[C@@H]2C[C@H]1c1c([nH]c3ccccc13)C21SCCS1)OC. The fourth-order valence-corrected chi connectivity index (χ4v) is 8.52. The van der Waals surface area contributed by atoms with Crippen LogP contribution in [0.4, 0.5) is 0 Å². The average Bonchev–Trinajstić information content (AvgIpc) is 3.32. The fourth-order valence-electron chi connectivity index (χ4n) is 4.98. The first-order valence-electron chi connectivity index (χ1n) is 9.42. The number of piperidine rings is 1. The Morgan fingerprint density at radius 1 is 1.26 bits per heavy atom. The molecular formula is C20H24N2O3S2. The summed E-state index contributed by atoms with van der Waals surface area (Å²) in [6.07, 6.45) is 1.22. The largest absolute Gasteiger partial charge is 0.356 e. The van der Waals surface area contributed by atoms with Crippen molar-refractivity contribution in [1.82, 2.24) is 9.88 Å². The number of aromatic amines is 1. The predicted octanol–water partition coefficient (Wildman–Crippen LogP) is 3.71. The number of hydrogen-bond acceptors (Lipinski definition) is 5. The molecule has 2 fully saturated rings. The lowest BCUT2D eigenvalue weighted by Crippen LogP contribution is -2.51. The standard InChI is InChI=1S/C20H24N2O3S2/c1-24-17(25-2)11-22-15-9-12(10-16(22)23)20(26-7-8-27-20)19-18(15)13-5-3-4-6-14(13)21-19/h3-6,12,15,17,21H,7-11H2,1-2H3/t12-,15-/m0/s1. The van der Waals surface area contributed by atoms with Crippen molar-refractivity contribution in [2.45, 2.75) is 29.3 Å². The van der Waals surface area contributed by atoms with Gasteiger partial charge in [-0.05, 0) is 18.4 Å². The fraction of sp³-hybridized carbons (Fsp3) is 0.550. The Labute approximate surface area is 167 Å². The van der Waals surface area contributed by atoms with Gasteiger partial charge in [-0.15, -0.1) is 23.5 Å². The first-order valence-corrected chi connectivity index (χ1v) is 11.4. The summed E-state index contributed by atoms with van der Waals surface area (Å²) in [6, 6.07) is 8.58. The molecule has 5 rings (SSSR count). The van der Waals surface area contributed by atoms with E-state index in [1.807, 2.05) is 28.4 Å². The summed E-state index contributed by atoms with van der Waals surface area (Å²) in [6.45, 7) is 0.468. The molecule has 2 atom stereocenters. The van der Waals surface area contributed by atoms with Crippen LogP contribution in [-0.4, -0.2) is 54.4 Å². The normalized spacial score (nSPS) is 26.3. The second-order valence-corrected chi connectivity index (χ2v) is 10.4. The maximum atomic E-state index is 13.2. The third-order valence-corrected chi connectivity index (χ3v) is 9.89. The van der Waals surface area contributed by atoms with Crippen LogP contribution in [-0.2, 0) is 18.3 Å². The summed E-state index contributed by atoms with van der Waals surface area (Å²) in [5.74, 6) is 2.88. The molecule has 1 aliphatic carbocycles. The maximum absolute atomic E-state index is 13.2. The van der Waals surface area contributed by atoms with E-state index in [0.29, 0.717) is 18.9 Å². The number of rotatable bonds is 4. The molecular weight excluding hydrogens is 380 g/mol. The van der Waals surface area contributed by atoms with E-state index < -0.39 is 6.29 Å². The van der Waals surface area contributed by atoms with Gasteiger partial charge in [-0.2, -0.15) is 0 Å². The van der Waals surface area contributed by atoms with E-state index in [-0.39, 0.29) is 16.0 Å². The Morgan fingerprint density at radius 2 is 2.00 bits per heavy atom. The number of likely N-dealkylation sites (tertiary alicyclic amines) is 1. The Bertz CT molecular complexity index is 873. The number of thioether (sulfide) groups is 2. The van der Waals surface area contributed by atoms with E-state index in [4.69, 9.17) is 9.47 Å². The molecule has 1 amide bonds. The predicted molar refractivity (Wildman–Crippen MR) is 110 cm³/mol. The van der Waals surface area contributed by atoms with Gasteiger partial charge in [0, 0.05) is 54.3 Å². The Morgan fingerprint density at radius 3 is 2.74 bits per heavy atom. The summed E-state index contributed by atoms with van der Waals surface area (Å²) in [5.41, 5.74) is 3.81. The van der Waals surface area contributed by atoms with Crippen LogP contribution in [0.3, 0.4) is 0 Å². The third-order valence-electron chi connectivity index (χ3n) is 6.18. The summed E-state index contributed by atoms with van der Waals surface area (Å²) in [7, 11) is 3.26. The zero-order valence-electron chi connectivity index (χ0n) is 15.6. The molecule has 7 heteroatoms. The topological polar surface area (TPSA) is 54.6 Å². The van der Waals surface area contributed by atoms with Gasteiger partial charge in [-0.3, -0.25) is 4.79 Å². The van der Waals surface area contributed by atoms with E-state index in [1.54, 1.807) is 14.2 Å². The van der Waals surface area contributed by atoms with Crippen LogP contribution in [0.25, 0.3) is 10.9 Å². The van der Waals surface area contributed by atoms with Crippen molar-refractivity contribution < 1.29 is 14.3 Å². The maximum Gasteiger partial charge on any atom is 0.223 e. The monoisotopic (exact) mass is 404 g/mol. The van der Waals surface area contributed by atoms with Crippen molar-refractivity contribution in [3.63, 3.8) is 0 Å². The smallest absolute Gasteiger partial charge is 0.223 e. The van der Waals surface area contributed by atoms with Gasteiger partial charge >= 0.3 is 0 Å². The zero-order valence-corrected chi connectivity index (χ0v) is 17.2. The van der Waals surface area contributed by atoms with Gasteiger partial charge in [0.05, 0.1) is 12.6 Å². The Hall–Kier alpha value is -1.15. The van der Waals surface area contributed by atoms with Crippen molar-refractivity contribution in [2.75, 3.05) is 32.3 Å². The number of methoxy groups -OCH3 is 2. The van der Waals surface area contributed by atoms with Gasteiger partial charge < -0.3 is 19.4 Å². The number of nitrogens with one attached hydrogen (secondary N) is 1. The second-order valence-electron chi connectivity index (χ2n) is 7.42. The molecule has 0 saturated carbocycles. The third kappa shape index (κ3) is 2.58. The molecule has 1 N–H and O–H groups in total. The molecule has 3 aliphatic rings. The quantitative estimate of drug-likeness (QED) is 0.788. The molecule has 144 valence electrons. The Kier molecular flexibility index (Phi) is 4.46. The van der Waals surface area contributed by atoms with Gasteiger partial charge in [0.15, 0.2) is 6.29 Å². The highest BCUT2D eigenvalue weighted by atomic mass is 32.2. The van der Waals surface area contributed by atoms with E-state index in [1.165, 1.54) is 22.2 Å². The number of H-pyrrole nitrogens is 1. The summed E-state index contributed by atoms with van der Waals surface area (Å²) in [5, 5.41) is 1.24. The van der Waals surface area contributed by atoms with Gasteiger partial charge in [0.25, 0.3) is 0 Å². The van der Waals surface area contributed by atoms with Crippen LogP contribution in [0.2, 0.25) is 0 Å². The van der Waals surface area contributed by atoms with Crippen molar-refractivity contribution >= 4 is 40.3 Å². The van der Waals surface area contributed by atoms with Crippen LogP contribution >= 0.6 is 23.5 Å². The number of carbonyl (C=O) groups is 1. The van der Waals surface area contributed by atoms with Crippen LogP contribution in [0.15, 0.2) is 24.3 Å². The molecule has 3 heterocycles. The minimum Gasteiger partial charge on any atom is -0.356 e. The van der Waals surface area contributed by atoms with Gasteiger partial charge in [0.2, 0.25) is 5.91 Å². The number of amides is 1. The molecule has 0 unspecified atom stereocenters. The number of benzene rings is 1. The highest BCUT2D eigenvalue weighted by Gasteiger charge is 2.56. The Balaban J connectivity index is 1.67. The van der Waals surface area contributed by atoms with Crippen LogP contribution in [0.1, 0.15) is 30.1 Å². The molecule has 5 nitrogen and oxygen atoms in total. The molecule has 2 bridgehead atoms. The number of para-hydroxylation sites is 1. The van der Waals surface area contributed by atoms with E-state index in [0.717, 1.165) is 17.9 Å². The number of fused-ring (bicyclic) bond motifs is 8. The molecule has 27 heavy (non-hydrogen) atoms. The first-order chi connectivity index (χ1) is 13.2.